The third-order valence-corrected chi connectivity index (χ3v) is 8.28. The fourth-order valence-electron chi connectivity index (χ4n) is 4.65. The van der Waals surface area contributed by atoms with E-state index in [9.17, 15) is 13.2 Å². The number of carbonyl (C=O) groups excluding carboxylic acids is 1. The van der Waals surface area contributed by atoms with Crippen LogP contribution in [0.2, 0.25) is 0 Å². The highest BCUT2D eigenvalue weighted by atomic mass is 32.2. The zero-order valence-corrected chi connectivity index (χ0v) is 21.3. The van der Waals surface area contributed by atoms with E-state index in [1.165, 1.54) is 26.7 Å². The average molecular weight is 483 g/mol. The molecule has 0 radical (unpaired) electrons. The molecule has 0 spiro atoms. The second kappa shape index (κ2) is 10.5. The van der Waals surface area contributed by atoms with Gasteiger partial charge in [0.15, 0.2) is 0 Å². The lowest BCUT2D eigenvalue weighted by atomic mass is 9.89. The van der Waals surface area contributed by atoms with Gasteiger partial charge < -0.3 is 19.1 Å². The Morgan fingerprint density at radius 1 is 1.09 bits per heavy atom. The molecule has 1 aromatic rings. The number of hydrogen-bond donors (Lipinski definition) is 0. The number of hydrogen-bond acceptors (Lipinski definition) is 6. The summed E-state index contributed by atoms with van der Waals surface area (Å²) in [6, 6.07) is 4.50. The van der Waals surface area contributed by atoms with Crippen molar-refractivity contribution < 1.29 is 27.4 Å². The summed E-state index contributed by atoms with van der Waals surface area (Å²) in [5, 5.41) is 0. The number of likely N-dealkylation sites (tertiary alicyclic amines) is 1. The molecule has 1 atom stereocenters. The molecule has 1 aliphatic heterocycles. The predicted molar refractivity (Wildman–Crippen MR) is 126 cm³/mol. The Kier molecular flexibility index (Phi) is 8.16. The first-order valence-electron chi connectivity index (χ1n) is 11.8. The van der Waals surface area contributed by atoms with Crippen LogP contribution in [0.3, 0.4) is 0 Å². The zero-order valence-electron chi connectivity index (χ0n) is 20.5. The maximum Gasteiger partial charge on any atom is 0.410 e. The highest BCUT2D eigenvalue weighted by Gasteiger charge is 2.40. The molecule has 1 saturated carbocycles. The molecule has 0 bridgehead atoms. The monoisotopic (exact) mass is 482 g/mol. The van der Waals surface area contributed by atoms with E-state index in [-0.39, 0.29) is 16.7 Å². The summed E-state index contributed by atoms with van der Waals surface area (Å²) in [6.45, 7) is 6.70. The summed E-state index contributed by atoms with van der Waals surface area (Å²) in [6.07, 6.45) is 5.64. The Bertz CT molecular complexity index is 921. The number of ether oxygens (including phenoxy) is 3. The maximum atomic E-state index is 14.0. The summed E-state index contributed by atoms with van der Waals surface area (Å²) in [5.74, 6) is 1.04. The second-order valence-electron chi connectivity index (χ2n) is 9.96. The van der Waals surface area contributed by atoms with E-state index < -0.39 is 21.7 Å². The minimum absolute atomic E-state index is 0.0934. The van der Waals surface area contributed by atoms with Crippen molar-refractivity contribution in [1.29, 1.82) is 0 Å². The third-order valence-electron chi connectivity index (χ3n) is 6.34. The van der Waals surface area contributed by atoms with Crippen LogP contribution in [0.5, 0.6) is 11.5 Å². The van der Waals surface area contributed by atoms with Crippen molar-refractivity contribution in [2.24, 2.45) is 5.92 Å². The second-order valence-corrected chi connectivity index (χ2v) is 11.8. The topological polar surface area (TPSA) is 85.4 Å². The lowest BCUT2D eigenvalue weighted by Crippen LogP contribution is -2.45. The van der Waals surface area contributed by atoms with Crippen LogP contribution < -0.4 is 9.47 Å². The minimum Gasteiger partial charge on any atom is -0.497 e. The number of rotatable bonds is 7. The van der Waals surface area contributed by atoms with Crippen LogP contribution in [-0.2, 0) is 14.8 Å². The Balaban J connectivity index is 1.91. The SMILES string of the molecule is COc1ccc(OC)c(S(=O)(=O)N(CC2CCCCC2)[C@@H]2CCN(C(=O)OC(C)(C)C)C2)c1. The van der Waals surface area contributed by atoms with Gasteiger partial charge in [0, 0.05) is 31.7 Å². The highest BCUT2D eigenvalue weighted by Crippen LogP contribution is 2.35. The molecule has 1 amide bonds. The molecule has 1 aromatic carbocycles. The molecule has 9 heteroatoms. The van der Waals surface area contributed by atoms with E-state index in [1.54, 1.807) is 21.3 Å². The molecule has 2 fully saturated rings. The van der Waals surface area contributed by atoms with Gasteiger partial charge in [-0.3, -0.25) is 0 Å². The highest BCUT2D eigenvalue weighted by molar-refractivity contribution is 7.89. The van der Waals surface area contributed by atoms with Gasteiger partial charge in [-0.1, -0.05) is 19.3 Å². The summed E-state index contributed by atoms with van der Waals surface area (Å²) in [4.78, 5) is 14.3. The number of nitrogens with zero attached hydrogens (tertiary/aromatic N) is 2. The van der Waals surface area contributed by atoms with Crippen LogP contribution in [0.1, 0.15) is 59.3 Å². The van der Waals surface area contributed by atoms with Crippen LogP contribution in [0.25, 0.3) is 0 Å². The van der Waals surface area contributed by atoms with E-state index in [2.05, 4.69) is 0 Å². The Morgan fingerprint density at radius 2 is 1.79 bits per heavy atom. The minimum atomic E-state index is -3.89. The average Bonchev–Trinajstić information content (AvgIpc) is 3.26. The van der Waals surface area contributed by atoms with E-state index in [0.29, 0.717) is 37.7 Å². The standard InChI is InChI=1S/C24H38N2O6S/c1-24(2,3)32-23(27)25-14-13-19(17-25)26(16-18-9-7-6-8-10-18)33(28,29)22-15-20(30-4)11-12-21(22)31-5/h11-12,15,18-19H,6-10,13-14,16-17H2,1-5H3/t19-/m1/s1. The van der Waals surface area contributed by atoms with Crippen LogP contribution in [0.15, 0.2) is 23.1 Å². The number of amides is 1. The van der Waals surface area contributed by atoms with Gasteiger partial charge in [0.1, 0.15) is 22.0 Å². The molecule has 186 valence electrons. The van der Waals surface area contributed by atoms with Crippen molar-refractivity contribution in [2.45, 2.75) is 75.8 Å². The van der Waals surface area contributed by atoms with E-state index in [0.717, 1.165) is 25.7 Å². The molecule has 1 saturated heterocycles. The maximum absolute atomic E-state index is 14.0. The third kappa shape index (κ3) is 6.32. The fourth-order valence-corrected chi connectivity index (χ4v) is 6.54. The van der Waals surface area contributed by atoms with Crippen LogP contribution in [0, 0.1) is 5.92 Å². The van der Waals surface area contributed by atoms with Crippen molar-refractivity contribution in [2.75, 3.05) is 33.9 Å². The first-order valence-corrected chi connectivity index (χ1v) is 13.2. The molecule has 0 unspecified atom stereocenters. The van der Waals surface area contributed by atoms with Gasteiger partial charge >= 0.3 is 6.09 Å². The van der Waals surface area contributed by atoms with Crippen molar-refractivity contribution >= 4 is 16.1 Å². The van der Waals surface area contributed by atoms with Crippen LogP contribution in [-0.4, -0.2) is 69.2 Å². The van der Waals surface area contributed by atoms with Crippen molar-refractivity contribution in [1.82, 2.24) is 9.21 Å². The van der Waals surface area contributed by atoms with E-state index in [1.807, 2.05) is 20.8 Å². The van der Waals surface area contributed by atoms with Crippen molar-refractivity contribution in [3.05, 3.63) is 18.2 Å². The molecule has 1 heterocycles. The smallest absolute Gasteiger partial charge is 0.410 e. The number of sulfonamides is 1. The lowest BCUT2D eigenvalue weighted by molar-refractivity contribution is 0.0285. The van der Waals surface area contributed by atoms with Crippen LogP contribution >= 0.6 is 0 Å². The Hall–Kier alpha value is -2.00. The molecule has 33 heavy (non-hydrogen) atoms. The lowest BCUT2D eigenvalue weighted by Gasteiger charge is -2.33. The number of benzene rings is 1. The number of methoxy groups -OCH3 is 2. The predicted octanol–water partition coefficient (Wildman–Crippen LogP) is 4.28. The van der Waals surface area contributed by atoms with Gasteiger partial charge in [-0.2, -0.15) is 4.31 Å². The zero-order chi connectivity index (χ0) is 24.2. The van der Waals surface area contributed by atoms with Gasteiger partial charge in [-0.15, -0.1) is 0 Å². The van der Waals surface area contributed by atoms with Gasteiger partial charge in [0.05, 0.1) is 14.2 Å². The van der Waals surface area contributed by atoms with Gasteiger partial charge in [-0.05, 0) is 58.1 Å². The molecule has 3 rings (SSSR count). The molecule has 1 aliphatic carbocycles. The molecule has 2 aliphatic rings. The fraction of sp³-hybridized carbons (Fsp3) is 0.708. The summed E-state index contributed by atoms with van der Waals surface area (Å²) in [5.41, 5.74) is -0.600. The normalized spacial score (nSPS) is 20.2. The summed E-state index contributed by atoms with van der Waals surface area (Å²) < 4.78 is 45.8. The molecule has 0 aromatic heterocycles. The molecule has 8 nitrogen and oxygen atoms in total. The molecular formula is C24H38N2O6S. The largest absolute Gasteiger partial charge is 0.497 e. The summed E-state index contributed by atoms with van der Waals surface area (Å²) >= 11 is 0. The first kappa shape index (κ1) is 25.6. The van der Waals surface area contributed by atoms with E-state index in [4.69, 9.17) is 14.2 Å². The first-order chi connectivity index (χ1) is 15.5. The quantitative estimate of drug-likeness (QED) is 0.577. The Morgan fingerprint density at radius 3 is 2.39 bits per heavy atom. The van der Waals surface area contributed by atoms with E-state index >= 15 is 0 Å². The summed E-state index contributed by atoms with van der Waals surface area (Å²) in [7, 11) is -0.922. The van der Waals surface area contributed by atoms with Gasteiger partial charge in [-0.25, -0.2) is 13.2 Å². The Labute approximate surface area is 198 Å². The number of carbonyl (C=O) groups is 1. The van der Waals surface area contributed by atoms with Crippen LogP contribution in [0.4, 0.5) is 4.79 Å². The van der Waals surface area contributed by atoms with Crippen molar-refractivity contribution in [3.63, 3.8) is 0 Å². The molecular weight excluding hydrogens is 444 g/mol. The van der Waals surface area contributed by atoms with Gasteiger partial charge in [0.25, 0.3) is 0 Å². The molecule has 0 N–H and O–H groups in total. The van der Waals surface area contributed by atoms with Gasteiger partial charge in [0.2, 0.25) is 10.0 Å². The van der Waals surface area contributed by atoms with Crippen molar-refractivity contribution in [3.8, 4) is 11.5 Å².